The number of nitrogens with zero attached hydrogens (tertiary/aromatic N) is 1. The Morgan fingerprint density at radius 2 is 2.24 bits per heavy atom. The van der Waals surface area contributed by atoms with Gasteiger partial charge in [0, 0.05) is 19.9 Å². The SMILES string of the molecule is COCC(C)CNc1snc(N)c1S(C)(=O)=O. The highest BCUT2D eigenvalue weighted by atomic mass is 32.2. The van der Waals surface area contributed by atoms with Crippen molar-refractivity contribution in [3.63, 3.8) is 0 Å². The molecule has 0 saturated heterocycles. The molecule has 0 aromatic carbocycles. The van der Waals surface area contributed by atoms with Gasteiger partial charge in [-0.1, -0.05) is 6.92 Å². The van der Waals surface area contributed by atoms with Gasteiger partial charge in [0.25, 0.3) is 0 Å². The van der Waals surface area contributed by atoms with Gasteiger partial charge in [-0.05, 0) is 17.5 Å². The number of methoxy groups -OCH3 is 1. The van der Waals surface area contributed by atoms with E-state index in [1.807, 2.05) is 6.92 Å². The van der Waals surface area contributed by atoms with Gasteiger partial charge in [0.1, 0.15) is 9.90 Å². The number of rotatable bonds is 6. The molecule has 1 unspecified atom stereocenters. The van der Waals surface area contributed by atoms with Crippen LogP contribution in [0.25, 0.3) is 0 Å². The molecule has 1 rings (SSSR count). The standard InChI is InChI=1S/C9H17N3O3S2/c1-6(5-15-2)4-11-9-7(17(3,13)14)8(10)12-16-9/h6,11H,4-5H2,1-3H3,(H2,10,12). The second-order valence-corrected chi connectivity index (χ2v) is 6.67. The smallest absolute Gasteiger partial charge is 0.182 e. The normalized spacial score (nSPS) is 13.6. The topological polar surface area (TPSA) is 94.3 Å². The van der Waals surface area contributed by atoms with E-state index in [1.54, 1.807) is 7.11 Å². The second kappa shape index (κ2) is 5.65. The molecule has 0 aliphatic rings. The molecule has 1 heterocycles. The van der Waals surface area contributed by atoms with Crippen LogP contribution in [0, 0.1) is 5.92 Å². The van der Waals surface area contributed by atoms with Crippen LogP contribution in [-0.2, 0) is 14.6 Å². The molecule has 17 heavy (non-hydrogen) atoms. The summed E-state index contributed by atoms with van der Waals surface area (Å²) in [6.07, 6.45) is 1.12. The zero-order valence-corrected chi connectivity index (χ0v) is 11.7. The summed E-state index contributed by atoms with van der Waals surface area (Å²) in [6, 6.07) is 0. The Bertz CT molecular complexity index is 470. The van der Waals surface area contributed by atoms with Crippen molar-refractivity contribution in [2.45, 2.75) is 11.8 Å². The van der Waals surface area contributed by atoms with Crippen LogP contribution < -0.4 is 11.1 Å². The highest BCUT2D eigenvalue weighted by Gasteiger charge is 2.21. The minimum atomic E-state index is -3.35. The van der Waals surface area contributed by atoms with Gasteiger partial charge in [-0.25, -0.2) is 8.42 Å². The van der Waals surface area contributed by atoms with Crippen molar-refractivity contribution in [1.82, 2.24) is 4.37 Å². The summed E-state index contributed by atoms with van der Waals surface area (Å²) in [5.41, 5.74) is 5.55. The highest BCUT2D eigenvalue weighted by molar-refractivity contribution is 7.91. The summed E-state index contributed by atoms with van der Waals surface area (Å²) in [6.45, 7) is 3.22. The Morgan fingerprint density at radius 1 is 1.59 bits per heavy atom. The number of nitrogen functional groups attached to an aromatic ring is 1. The molecular formula is C9H17N3O3S2. The summed E-state index contributed by atoms with van der Waals surface area (Å²) >= 11 is 1.06. The fourth-order valence-electron chi connectivity index (χ4n) is 1.38. The monoisotopic (exact) mass is 279 g/mol. The first-order valence-corrected chi connectivity index (χ1v) is 7.70. The average Bonchev–Trinajstić information content (AvgIpc) is 2.56. The van der Waals surface area contributed by atoms with Crippen LogP contribution in [-0.4, -0.2) is 39.3 Å². The van der Waals surface area contributed by atoms with Crippen molar-refractivity contribution >= 4 is 32.2 Å². The lowest BCUT2D eigenvalue weighted by atomic mass is 10.2. The van der Waals surface area contributed by atoms with E-state index in [0.717, 1.165) is 17.8 Å². The van der Waals surface area contributed by atoms with Crippen LogP contribution in [0.2, 0.25) is 0 Å². The lowest BCUT2D eigenvalue weighted by molar-refractivity contribution is 0.164. The Labute approximate surface area is 105 Å². The molecule has 1 atom stereocenters. The lowest BCUT2D eigenvalue weighted by Gasteiger charge is -2.11. The van der Waals surface area contributed by atoms with Crippen molar-refractivity contribution in [3.05, 3.63) is 0 Å². The number of sulfone groups is 1. The molecule has 0 amide bonds. The largest absolute Gasteiger partial charge is 0.384 e. The van der Waals surface area contributed by atoms with E-state index in [9.17, 15) is 8.42 Å². The minimum absolute atomic E-state index is 0.0550. The van der Waals surface area contributed by atoms with Crippen molar-refractivity contribution in [3.8, 4) is 0 Å². The van der Waals surface area contributed by atoms with E-state index in [-0.39, 0.29) is 16.6 Å². The fraction of sp³-hybridized carbons (Fsp3) is 0.667. The molecule has 0 aliphatic carbocycles. The molecule has 0 spiro atoms. The number of hydrogen-bond donors (Lipinski definition) is 2. The first-order valence-electron chi connectivity index (χ1n) is 5.04. The van der Waals surface area contributed by atoms with Crippen LogP contribution in [0.4, 0.5) is 10.8 Å². The van der Waals surface area contributed by atoms with Gasteiger partial charge in [-0.15, -0.1) is 0 Å². The molecule has 0 fully saturated rings. The van der Waals surface area contributed by atoms with Crippen LogP contribution in [0.3, 0.4) is 0 Å². The molecule has 1 aromatic rings. The van der Waals surface area contributed by atoms with E-state index in [1.165, 1.54) is 0 Å². The minimum Gasteiger partial charge on any atom is -0.384 e. The van der Waals surface area contributed by atoms with E-state index in [4.69, 9.17) is 10.5 Å². The van der Waals surface area contributed by atoms with Crippen LogP contribution in [0.1, 0.15) is 6.92 Å². The first kappa shape index (κ1) is 14.2. The quantitative estimate of drug-likeness (QED) is 0.800. The predicted molar refractivity (Wildman–Crippen MR) is 69.2 cm³/mol. The van der Waals surface area contributed by atoms with E-state index >= 15 is 0 Å². The van der Waals surface area contributed by atoms with Gasteiger partial charge >= 0.3 is 0 Å². The molecule has 1 aromatic heterocycles. The summed E-state index contributed by atoms with van der Waals surface area (Å²) in [5, 5.41) is 3.54. The Hall–Kier alpha value is -0.860. The van der Waals surface area contributed by atoms with E-state index < -0.39 is 9.84 Å². The van der Waals surface area contributed by atoms with Crippen LogP contribution >= 0.6 is 11.5 Å². The number of anilines is 2. The first-order chi connectivity index (χ1) is 7.86. The maximum Gasteiger partial charge on any atom is 0.182 e. The second-order valence-electron chi connectivity index (χ2n) is 3.94. The molecule has 0 saturated carbocycles. The summed E-state index contributed by atoms with van der Waals surface area (Å²) < 4.78 is 31.9. The molecule has 6 nitrogen and oxygen atoms in total. The maximum atomic E-state index is 11.5. The highest BCUT2D eigenvalue weighted by Crippen LogP contribution is 2.31. The Morgan fingerprint density at radius 3 is 2.76 bits per heavy atom. The average molecular weight is 279 g/mol. The maximum absolute atomic E-state index is 11.5. The third-order valence-electron chi connectivity index (χ3n) is 2.11. The predicted octanol–water partition coefficient (Wildman–Crippen LogP) is 0.823. The van der Waals surface area contributed by atoms with Crippen LogP contribution in [0.5, 0.6) is 0 Å². The molecule has 0 bridgehead atoms. The lowest BCUT2D eigenvalue weighted by Crippen LogP contribution is -2.16. The molecule has 8 heteroatoms. The van der Waals surface area contributed by atoms with Crippen molar-refractivity contribution in [2.24, 2.45) is 5.92 Å². The van der Waals surface area contributed by atoms with Gasteiger partial charge in [-0.2, -0.15) is 4.37 Å². The third kappa shape index (κ3) is 3.83. The van der Waals surface area contributed by atoms with Crippen molar-refractivity contribution in [1.29, 1.82) is 0 Å². The number of nitrogens with one attached hydrogen (secondary N) is 1. The van der Waals surface area contributed by atoms with E-state index in [2.05, 4.69) is 9.69 Å². The molecule has 3 N–H and O–H groups in total. The van der Waals surface area contributed by atoms with Gasteiger partial charge < -0.3 is 15.8 Å². The Balaban J connectivity index is 2.80. The summed E-state index contributed by atoms with van der Waals surface area (Å²) in [4.78, 5) is 0.0899. The van der Waals surface area contributed by atoms with Crippen molar-refractivity contribution < 1.29 is 13.2 Å². The number of nitrogens with two attached hydrogens (primary N) is 1. The zero-order valence-electron chi connectivity index (χ0n) is 10.1. The summed E-state index contributed by atoms with van der Waals surface area (Å²) in [5.74, 6) is 0.329. The molecule has 0 radical (unpaired) electrons. The molecule has 98 valence electrons. The molecular weight excluding hydrogens is 262 g/mol. The van der Waals surface area contributed by atoms with E-state index in [0.29, 0.717) is 18.2 Å². The summed E-state index contributed by atoms with van der Waals surface area (Å²) in [7, 11) is -1.72. The van der Waals surface area contributed by atoms with Crippen molar-refractivity contribution in [2.75, 3.05) is 37.6 Å². The van der Waals surface area contributed by atoms with Gasteiger partial charge in [-0.3, -0.25) is 0 Å². The van der Waals surface area contributed by atoms with Gasteiger partial charge in [0.2, 0.25) is 0 Å². The number of hydrogen-bond acceptors (Lipinski definition) is 7. The van der Waals surface area contributed by atoms with Gasteiger partial charge in [0.05, 0.1) is 6.61 Å². The number of ether oxygens (including phenoxy) is 1. The van der Waals surface area contributed by atoms with Crippen LogP contribution in [0.15, 0.2) is 4.90 Å². The Kier molecular flexibility index (Phi) is 4.72. The fourth-order valence-corrected chi connectivity index (χ4v) is 3.45. The molecule has 0 aliphatic heterocycles. The van der Waals surface area contributed by atoms with Gasteiger partial charge in [0.15, 0.2) is 15.7 Å². The number of aromatic nitrogens is 1. The third-order valence-corrected chi connectivity index (χ3v) is 4.21. The zero-order chi connectivity index (χ0) is 13.1.